The minimum absolute atomic E-state index is 0.0735. The van der Waals surface area contributed by atoms with Gasteiger partial charge in [-0.2, -0.15) is 0 Å². The van der Waals surface area contributed by atoms with Crippen LogP contribution in [-0.4, -0.2) is 23.0 Å². The van der Waals surface area contributed by atoms with Crippen LogP contribution >= 0.6 is 0 Å². The molecule has 0 saturated heterocycles. The molecule has 0 spiro atoms. The maximum absolute atomic E-state index is 11.0. The zero-order valence-corrected chi connectivity index (χ0v) is 8.25. The van der Waals surface area contributed by atoms with E-state index in [4.69, 9.17) is 11.5 Å². The maximum Gasteiger partial charge on any atom is 0.326 e. The number of terminal acetylenes is 1. The lowest BCUT2D eigenvalue weighted by Gasteiger charge is -2.12. The zero-order chi connectivity index (χ0) is 11.0. The van der Waals surface area contributed by atoms with Gasteiger partial charge in [0.1, 0.15) is 6.04 Å². The first-order valence-electron chi connectivity index (χ1n) is 4.57. The Labute approximate surface area is 83.7 Å². The molecule has 0 rings (SSSR count). The predicted octanol–water partition coefficient (Wildman–Crippen LogP) is 0.769. The molecule has 0 fully saturated rings. The fraction of sp³-hybridized carbons (Fsp3) is 0.600. The molecule has 0 aliphatic carbocycles. The van der Waals surface area contributed by atoms with Crippen molar-refractivity contribution < 1.29 is 14.7 Å². The van der Waals surface area contributed by atoms with Crippen LogP contribution < -0.4 is 5.32 Å². The third-order valence-electron chi connectivity index (χ3n) is 1.74. The molecule has 0 aliphatic rings. The second kappa shape index (κ2) is 6.96. The topological polar surface area (TPSA) is 66.4 Å². The highest BCUT2D eigenvalue weighted by atomic mass is 16.4. The lowest BCUT2D eigenvalue weighted by molar-refractivity contribution is -0.141. The number of amides is 1. The molecule has 0 saturated carbocycles. The molecule has 1 unspecified atom stereocenters. The van der Waals surface area contributed by atoms with Gasteiger partial charge in [0.2, 0.25) is 5.91 Å². The molecule has 0 bridgehead atoms. The number of carboxylic acid groups (broad SMARTS) is 1. The minimum atomic E-state index is -1.01. The molecule has 0 aromatic heterocycles. The van der Waals surface area contributed by atoms with Crippen molar-refractivity contribution >= 4 is 11.9 Å². The summed E-state index contributed by atoms with van der Waals surface area (Å²) in [5.41, 5.74) is 0. The number of hydrogen-bond acceptors (Lipinski definition) is 2. The van der Waals surface area contributed by atoms with Crippen LogP contribution in [0, 0.1) is 12.3 Å². The van der Waals surface area contributed by atoms with E-state index in [0.29, 0.717) is 6.42 Å². The minimum Gasteiger partial charge on any atom is -0.480 e. The zero-order valence-electron chi connectivity index (χ0n) is 8.25. The molecule has 4 heteroatoms. The van der Waals surface area contributed by atoms with Gasteiger partial charge in [0.15, 0.2) is 0 Å². The number of rotatable bonds is 6. The maximum atomic E-state index is 11.0. The van der Waals surface area contributed by atoms with E-state index in [1.165, 1.54) is 0 Å². The van der Waals surface area contributed by atoms with Gasteiger partial charge < -0.3 is 10.4 Å². The molecular weight excluding hydrogens is 182 g/mol. The van der Waals surface area contributed by atoms with Crippen molar-refractivity contribution in [3.8, 4) is 12.3 Å². The van der Waals surface area contributed by atoms with E-state index in [0.717, 1.165) is 12.8 Å². The summed E-state index contributed by atoms with van der Waals surface area (Å²) in [6, 6.07) is -0.809. The van der Waals surface area contributed by atoms with Gasteiger partial charge >= 0.3 is 5.97 Å². The summed E-state index contributed by atoms with van der Waals surface area (Å²) in [4.78, 5) is 21.7. The van der Waals surface area contributed by atoms with Gasteiger partial charge in [0.25, 0.3) is 0 Å². The highest BCUT2D eigenvalue weighted by molar-refractivity contribution is 5.84. The van der Waals surface area contributed by atoms with Gasteiger partial charge in [0, 0.05) is 0 Å². The molecule has 4 nitrogen and oxygen atoms in total. The van der Waals surface area contributed by atoms with Crippen LogP contribution in [0.4, 0.5) is 0 Å². The Kier molecular flexibility index (Phi) is 6.21. The van der Waals surface area contributed by atoms with E-state index >= 15 is 0 Å². The first-order chi connectivity index (χ1) is 6.61. The Morgan fingerprint density at radius 3 is 2.64 bits per heavy atom. The third kappa shape index (κ3) is 5.20. The van der Waals surface area contributed by atoms with Gasteiger partial charge in [0.05, 0.1) is 6.42 Å². The van der Waals surface area contributed by atoms with Crippen molar-refractivity contribution in [2.45, 2.75) is 38.6 Å². The molecule has 0 aliphatic heterocycles. The molecule has 0 aromatic carbocycles. The summed E-state index contributed by atoms with van der Waals surface area (Å²) >= 11 is 0. The molecule has 0 radical (unpaired) electrons. The average Bonchev–Trinajstić information content (AvgIpc) is 2.12. The molecule has 78 valence electrons. The average molecular weight is 197 g/mol. The second-order valence-corrected chi connectivity index (χ2v) is 2.98. The number of nitrogens with one attached hydrogen (secondary N) is 1. The summed E-state index contributed by atoms with van der Waals surface area (Å²) in [5.74, 6) is 0.746. The van der Waals surface area contributed by atoms with Crippen molar-refractivity contribution in [1.82, 2.24) is 5.32 Å². The number of hydrogen-bond donors (Lipinski definition) is 2. The summed E-state index contributed by atoms with van der Waals surface area (Å²) < 4.78 is 0. The SMILES string of the molecule is C#CCC(=O)NC(CCCC)C(=O)O. The first kappa shape index (κ1) is 12.5. The molecule has 1 amide bonds. The molecule has 14 heavy (non-hydrogen) atoms. The quantitative estimate of drug-likeness (QED) is 0.618. The molecule has 0 aromatic rings. The van der Waals surface area contributed by atoms with Crippen molar-refractivity contribution in [3.63, 3.8) is 0 Å². The second-order valence-electron chi connectivity index (χ2n) is 2.98. The number of carbonyl (C=O) groups excluding carboxylic acids is 1. The van der Waals surface area contributed by atoms with Crippen LogP contribution in [0.5, 0.6) is 0 Å². The Hall–Kier alpha value is -1.50. The smallest absolute Gasteiger partial charge is 0.326 e. The molecule has 0 heterocycles. The van der Waals surface area contributed by atoms with Crippen molar-refractivity contribution in [1.29, 1.82) is 0 Å². The van der Waals surface area contributed by atoms with Crippen molar-refractivity contribution in [2.24, 2.45) is 0 Å². The monoisotopic (exact) mass is 197 g/mol. The van der Waals surface area contributed by atoms with Crippen LogP contribution in [0.15, 0.2) is 0 Å². The fourth-order valence-electron chi connectivity index (χ4n) is 1.00. The highest BCUT2D eigenvalue weighted by Gasteiger charge is 2.18. The number of carbonyl (C=O) groups is 2. The summed E-state index contributed by atoms with van der Waals surface area (Å²) in [6.07, 6.45) is 6.96. The summed E-state index contributed by atoms with van der Waals surface area (Å²) in [6.45, 7) is 1.96. The van der Waals surface area contributed by atoms with Crippen LogP contribution in [0.1, 0.15) is 32.6 Å². The highest BCUT2D eigenvalue weighted by Crippen LogP contribution is 2.01. The van der Waals surface area contributed by atoms with Crippen LogP contribution in [0.25, 0.3) is 0 Å². The lowest BCUT2D eigenvalue weighted by Crippen LogP contribution is -2.40. The van der Waals surface area contributed by atoms with E-state index in [2.05, 4.69) is 11.2 Å². The number of unbranched alkanes of at least 4 members (excludes halogenated alkanes) is 1. The van der Waals surface area contributed by atoms with Gasteiger partial charge in [-0.3, -0.25) is 4.79 Å². The van der Waals surface area contributed by atoms with Crippen molar-refractivity contribution in [2.75, 3.05) is 0 Å². The van der Waals surface area contributed by atoms with Gasteiger partial charge in [-0.15, -0.1) is 6.42 Å². The lowest BCUT2D eigenvalue weighted by atomic mass is 10.1. The Morgan fingerprint density at radius 2 is 2.21 bits per heavy atom. The van der Waals surface area contributed by atoms with E-state index in [1.807, 2.05) is 6.92 Å². The fourth-order valence-corrected chi connectivity index (χ4v) is 1.00. The number of aliphatic carboxylic acids is 1. The molecule has 1 atom stereocenters. The van der Waals surface area contributed by atoms with Gasteiger partial charge in [-0.25, -0.2) is 4.79 Å². The predicted molar refractivity (Wildman–Crippen MR) is 52.5 cm³/mol. The molecular formula is C10H15NO3. The number of carboxylic acids is 1. The Bertz CT molecular complexity index is 242. The first-order valence-corrected chi connectivity index (χ1v) is 4.57. The Balaban J connectivity index is 4.03. The van der Waals surface area contributed by atoms with Gasteiger partial charge in [-0.1, -0.05) is 25.7 Å². The Morgan fingerprint density at radius 1 is 1.57 bits per heavy atom. The summed E-state index contributed by atoms with van der Waals surface area (Å²) in [5, 5.41) is 11.1. The van der Waals surface area contributed by atoms with E-state index in [9.17, 15) is 9.59 Å². The van der Waals surface area contributed by atoms with Crippen molar-refractivity contribution in [3.05, 3.63) is 0 Å². The van der Waals surface area contributed by atoms with E-state index in [1.54, 1.807) is 0 Å². The van der Waals surface area contributed by atoms with E-state index < -0.39 is 17.9 Å². The third-order valence-corrected chi connectivity index (χ3v) is 1.74. The van der Waals surface area contributed by atoms with E-state index in [-0.39, 0.29) is 6.42 Å². The van der Waals surface area contributed by atoms with Crippen LogP contribution in [-0.2, 0) is 9.59 Å². The standard InChI is InChI=1S/C10H15NO3/c1-3-5-7-8(10(13)14)11-9(12)6-4-2/h2,8H,3,5-7H2,1H3,(H,11,12)(H,13,14). The van der Waals surface area contributed by atoms with Gasteiger partial charge in [-0.05, 0) is 6.42 Å². The van der Waals surface area contributed by atoms with Crippen LogP contribution in [0.2, 0.25) is 0 Å². The normalized spacial score (nSPS) is 11.4. The molecule has 2 N–H and O–H groups in total. The largest absolute Gasteiger partial charge is 0.480 e. The van der Waals surface area contributed by atoms with Crippen LogP contribution in [0.3, 0.4) is 0 Å². The summed E-state index contributed by atoms with van der Waals surface area (Å²) in [7, 11) is 0.